The van der Waals surface area contributed by atoms with Crippen LogP contribution in [0.25, 0.3) is 0 Å². The zero-order valence-corrected chi connectivity index (χ0v) is 15.2. The van der Waals surface area contributed by atoms with Gasteiger partial charge in [-0.1, -0.05) is 58.3 Å². The van der Waals surface area contributed by atoms with Crippen molar-refractivity contribution in [2.45, 2.75) is 95.5 Å². The minimum atomic E-state index is -1.79. The molecule has 0 radical (unpaired) electrons. The summed E-state index contributed by atoms with van der Waals surface area (Å²) in [5, 5.41) is 37.2. The number of hydrogen-bond donors (Lipinski definition) is 4. The molecule has 0 saturated heterocycles. The van der Waals surface area contributed by atoms with Crippen molar-refractivity contribution in [3.63, 3.8) is 0 Å². The fourth-order valence-electron chi connectivity index (χ4n) is 2.50. The highest BCUT2D eigenvalue weighted by Gasteiger charge is 2.33. The molecule has 0 aliphatic carbocycles. The molecule has 7 heteroatoms. The third-order valence-electron chi connectivity index (χ3n) is 4.15. The van der Waals surface area contributed by atoms with Gasteiger partial charge in [-0.15, -0.1) is 0 Å². The number of aliphatic hydroxyl groups excluding tert-OH is 4. The Kier molecular flexibility index (Phi) is 14.6. The van der Waals surface area contributed by atoms with Crippen LogP contribution in [0, 0.1) is 0 Å². The van der Waals surface area contributed by atoms with Crippen LogP contribution < -0.4 is 0 Å². The second kappa shape index (κ2) is 15.3. The highest BCUT2D eigenvalue weighted by Crippen LogP contribution is 2.12. The fraction of sp³-hybridized carbons (Fsp3) is 0.889. The van der Waals surface area contributed by atoms with E-state index in [9.17, 15) is 24.9 Å². The van der Waals surface area contributed by atoms with E-state index in [4.69, 9.17) is 9.84 Å². The SMILES string of the molecule is CCCCCCCCCCCC(=O)O[C@H](C=O)[C@@H](O)[C@H](O)[C@H](O)CO. The molecule has 0 aliphatic rings. The molecule has 0 aromatic heterocycles. The van der Waals surface area contributed by atoms with Gasteiger partial charge in [-0.25, -0.2) is 0 Å². The first-order valence-electron chi connectivity index (χ1n) is 9.27. The van der Waals surface area contributed by atoms with E-state index in [-0.39, 0.29) is 12.7 Å². The lowest BCUT2D eigenvalue weighted by molar-refractivity contribution is -0.168. The minimum Gasteiger partial charge on any atom is -0.452 e. The molecule has 0 heterocycles. The lowest BCUT2D eigenvalue weighted by Gasteiger charge is -2.25. The average Bonchev–Trinajstić information content (AvgIpc) is 2.62. The summed E-state index contributed by atoms with van der Waals surface area (Å²) in [6.45, 7) is 1.40. The Bertz CT molecular complexity index is 348. The largest absolute Gasteiger partial charge is 0.452 e. The number of unbranched alkanes of at least 4 members (excludes halogenated alkanes) is 8. The number of rotatable bonds is 16. The van der Waals surface area contributed by atoms with E-state index in [1.165, 1.54) is 32.1 Å². The molecule has 0 aliphatic heterocycles. The van der Waals surface area contributed by atoms with Crippen molar-refractivity contribution in [2.75, 3.05) is 6.61 Å². The number of carbonyl (C=O) groups is 2. The average molecular weight is 362 g/mol. The molecule has 25 heavy (non-hydrogen) atoms. The van der Waals surface area contributed by atoms with Crippen LogP contribution in [0.3, 0.4) is 0 Å². The first-order valence-corrected chi connectivity index (χ1v) is 9.27. The van der Waals surface area contributed by atoms with E-state index < -0.39 is 37.0 Å². The zero-order chi connectivity index (χ0) is 19.1. The van der Waals surface area contributed by atoms with E-state index in [0.29, 0.717) is 6.42 Å². The number of aliphatic hydroxyl groups is 4. The van der Waals surface area contributed by atoms with Gasteiger partial charge in [-0.3, -0.25) is 9.59 Å². The minimum absolute atomic E-state index is 0.130. The topological polar surface area (TPSA) is 124 Å². The van der Waals surface area contributed by atoms with E-state index in [0.717, 1.165) is 19.3 Å². The number of aldehydes is 1. The highest BCUT2D eigenvalue weighted by atomic mass is 16.6. The van der Waals surface area contributed by atoms with Gasteiger partial charge in [-0.05, 0) is 6.42 Å². The quantitative estimate of drug-likeness (QED) is 0.184. The third kappa shape index (κ3) is 11.3. The van der Waals surface area contributed by atoms with Crippen LogP contribution in [0.2, 0.25) is 0 Å². The summed E-state index contributed by atoms with van der Waals surface area (Å²) in [6, 6.07) is 0. The van der Waals surface area contributed by atoms with Crippen molar-refractivity contribution in [1.82, 2.24) is 0 Å². The van der Waals surface area contributed by atoms with E-state index in [2.05, 4.69) is 6.92 Å². The number of hydrogen-bond acceptors (Lipinski definition) is 7. The molecule has 0 unspecified atom stereocenters. The van der Waals surface area contributed by atoms with Crippen LogP contribution in [0.15, 0.2) is 0 Å². The molecule has 0 fully saturated rings. The van der Waals surface area contributed by atoms with E-state index in [1.807, 2.05) is 0 Å². The van der Waals surface area contributed by atoms with Crippen molar-refractivity contribution in [3.05, 3.63) is 0 Å². The normalized spacial score (nSPS) is 16.0. The Hall–Kier alpha value is -1.02. The Morgan fingerprint density at radius 1 is 0.920 bits per heavy atom. The maximum Gasteiger partial charge on any atom is 0.306 e. The van der Waals surface area contributed by atoms with Gasteiger partial charge in [0, 0.05) is 6.42 Å². The lowest BCUT2D eigenvalue weighted by atomic mass is 10.0. The fourth-order valence-corrected chi connectivity index (χ4v) is 2.50. The molecule has 0 saturated carbocycles. The summed E-state index contributed by atoms with van der Waals surface area (Å²) >= 11 is 0. The van der Waals surface area contributed by atoms with E-state index >= 15 is 0 Å². The highest BCUT2D eigenvalue weighted by molar-refractivity contribution is 5.72. The molecule has 0 spiro atoms. The van der Waals surface area contributed by atoms with Crippen molar-refractivity contribution < 1.29 is 34.8 Å². The van der Waals surface area contributed by atoms with Gasteiger partial charge in [0.05, 0.1) is 6.61 Å². The van der Waals surface area contributed by atoms with Gasteiger partial charge >= 0.3 is 5.97 Å². The molecular weight excluding hydrogens is 328 g/mol. The van der Waals surface area contributed by atoms with Crippen LogP contribution in [-0.4, -0.2) is 63.7 Å². The van der Waals surface area contributed by atoms with Crippen LogP contribution in [0.4, 0.5) is 0 Å². The van der Waals surface area contributed by atoms with Crippen LogP contribution in [0.1, 0.15) is 71.1 Å². The Labute approximate surface area is 150 Å². The van der Waals surface area contributed by atoms with Crippen LogP contribution >= 0.6 is 0 Å². The zero-order valence-electron chi connectivity index (χ0n) is 15.2. The number of esters is 1. The first-order chi connectivity index (χ1) is 12.0. The predicted molar refractivity (Wildman–Crippen MR) is 92.9 cm³/mol. The molecule has 0 amide bonds. The first kappa shape index (κ1) is 24.0. The number of ether oxygens (including phenoxy) is 1. The lowest BCUT2D eigenvalue weighted by Crippen LogP contribution is -2.48. The van der Waals surface area contributed by atoms with Crippen LogP contribution in [-0.2, 0) is 14.3 Å². The Morgan fingerprint density at radius 2 is 1.44 bits per heavy atom. The molecule has 0 bridgehead atoms. The third-order valence-corrected chi connectivity index (χ3v) is 4.15. The molecule has 0 aromatic carbocycles. The summed E-state index contributed by atoms with van der Waals surface area (Å²) in [4.78, 5) is 22.6. The molecule has 7 nitrogen and oxygen atoms in total. The number of carbonyl (C=O) groups excluding carboxylic acids is 2. The smallest absolute Gasteiger partial charge is 0.306 e. The molecule has 0 rings (SSSR count). The van der Waals surface area contributed by atoms with Gasteiger partial charge in [0.2, 0.25) is 0 Å². The summed E-state index contributed by atoms with van der Waals surface area (Å²) in [7, 11) is 0. The van der Waals surface area contributed by atoms with E-state index in [1.54, 1.807) is 0 Å². The standard InChI is InChI=1S/C18H34O7/c1-2-3-4-5-6-7-8-9-10-11-16(22)25-15(13-20)18(24)17(23)14(21)12-19/h13-15,17-19,21,23-24H,2-12H2,1H3/t14-,15-,17-,18-/m1/s1. The molecule has 4 N–H and O–H groups in total. The summed E-state index contributed by atoms with van der Waals surface area (Å²) in [5.74, 6) is -0.634. The van der Waals surface area contributed by atoms with Crippen molar-refractivity contribution >= 4 is 12.3 Å². The molecule has 4 atom stereocenters. The summed E-state index contributed by atoms with van der Waals surface area (Å²) in [5.41, 5.74) is 0. The second-order valence-electron chi connectivity index (χ2n) is 6.40. The predicted octanol–water partition coefficient (Wildman–Crippen LogP) is 1.09. The van der Waals surface area contributed by atoms with Gasteiger partial charge in [-0.2, -0.15) is 0 Å². The van der Waals surface area contributed by atoms with Crippen molar-refractivity contribution in [1.29, 1.82) is 0 Å². The maximum absolute atomic E-state index is 11.7. The summed E-state index contributed by atoms with van der Waals surface area (Å²) in [6.07, 6.45) is 3.52. The second-order valence-corrected chi connectivity index (χ2v) is 6.40. The van der Waals surface area contributed by atoms with Gasteiger partial charge in [0.1, 0.15) is 18.3 Å². The molecular formula is C18H34O7. The van der Waals surface area contributed by atoms with Crippen molar-refractivity contribution in [2.24, 2.45) is 0 Å². The maximum atomic E-state index is 11.7. The van der Waals surface area contributed by atoms with Gasteiger partial charge in [0.25, 0.3) is 0 Å². The monoisotopic (exact) mass is 362 g/mol. The summed E-state index contributed by atoms with van der Waals surface area (Å²) < 4.78 is 4.84. The molecule has 148 valence electrons. The molecule has 0 aromatic rings. The van der Waals surface area contributed by atoms with Crippen LogP contribution in [0.5, 0.6) is 0 Å². The van der Waals surface area contributed by atoms with Crippen molar-refractivity contribution in [3.8, 4) is 0 Å². The Morgan fingerprint density at radius 3 is 1.92 bits per heavy atom. The Balaban J connectivity index is 3.89. The van der Waals surface area contributed by atoms with Gasteiger partial charge in [0.15, 0.2) is 12.4 Å². The van der Waals surface area contributed by atoms with Gasteiger partial charge < -0.3 is 25.2 Å².